The van der Waals surface area contributed by atoms with E-state index in [0.717, 1.165) is 4.90 Å². The van der Waals surface area contributed by atoms with Crippen molar-refractivity contribution in [2.45, 2.75) is 38.2 Å². The molecule has 132 valence electrons. The maximum Gasteiger partial charge on any atom is 0.337 e. The van der Waals surface area contributed by atoms with Crippen molar-refractivity contribution in [3.8, 4) is 0 Å². The van der Waals surface area contributed by atoms with Crippen LogP contribution in [0.5, 0.6) is 0 Å². The SMILES string of the molecule is CC(F)C1C(=O)N2C(C(=O)OCc3ccc([N+](=O)[O-])cc3)C(=O)CC12. The molecule has 8 nitrogen and oxygen atoms in total. The molecule has 25 heavy (non-hydrogen) atoms. The van der Waals surface area contributed by atoms with E-state index in [0.29, 0.717) is 5.56 Å². The molecule has 0 aromatic heterocycles. The van der Waals surface area contributed by atoms with Gasteiger partial charge >= 0.3 is 5.97 Å². The molecule has 0 spiro atoms. The summed E-state index contributed by atoms with van der Waals surface area (Å²) in [5.41, 5.74) is 0.410. The number of carbonyl (C=O) groups is 3. The Morgan fingerprint density at radius 2 is 2.04 bits per heavy atom. The van der Waals surface area contributed by atoms with Crippen molar-refractivity contribution in [3.05, 3.63) is 39.9 Å². The molecule has 0 saturated carbocycles. The molecule has 2 aliphatic heterocycles. The number of nitro groups is 1. The number of ketones is 1. The summed E-state index contributed by atoms with van der Waals surface area (Å²) >= 11 is 0. The highest BCUT2D eigenvalue weighted by Gasteiger charge is 2.61. The molecule has 0 bridgehead atoms. The number of amides is 1. The second-order valence-corrected chi connectivity index (χ2v) is 6.12. The lowest BCUT2D eigenvalue weighted by Crippen LogP contribution is -2.64. The molecular formula is C16H15FN2O6. The number of alkyl halides is 1. The molecule has 1 aromatic rings. The lowest BCUT2D eigenvalue weighted by atomic mass is 9.85. The molecule has 1 amide bonds. The van der Waals surface area contributed by atoms with Crippen molar-refractivity contribution in [2.24, 2.45) is 5.92 Å². The van der Waals surface area contributed by atoms with Crippen LogP contribution in [0.15, 0.2) is 24.3 Å². The fourth-order valence-corrected chi connectivity index (χ4v) is 3.30. The van der Waals surface area contributed by atoms with Crippen LogP contribution in [0.25, 0.3) is 0 Å². The predicted molar refractivity (Wildman–Crippen MR) is 81.0 cm³/mol. The smallest absolute Gasteiger partial charge is 0.337 e. The summed E-state index contributed by atoms with van der Waals surface area (Å²) in [5.74, 6) is -2.76. The van der Waals surface area contributed by atoms with Crippen LogP contribution in [0, 0.1) is 16.0 Å². The maximum atomic E-state index is 13.4. The Bertz CT molecular complexity index is 747. The van der Waals surface area contributed by atoms with Crippen LogP contribution in [0.4, 0.5) is 10.1 Å². The largest absolute Gasteiger partial charge is 0.459 e. The normalized spacial score (nSPS) is 26.0. The van der Waals surface area contributed by atoms with Crippen LogP contribution >= 0.6 is 0 Å². The summed E-state index contributed by atoms with van der Waals surface area (Å²) < 4.78 is 18.5. The van der Waals surface area contributed by atoms with Crippen molar-refractivity contribution in [2.75, 3.05) is 0 Å². The Labute approximate surface area is 141 Å². The second-order valence-electron chi connectivity index (χ2n) is 6.12. The molecule has 2 aliphatic rings. The van der Waals surface area contributed by atoms with E-state index in [4.69, 9.17) is 4.74 Å². The molecule has 2 saturated heterocycles. The van der Waals surface area contributed by atoms with Crippen molar-refractivity contribution in [3.63, 3.8) is 0 Å². The Balaban J connectivity index is 1.63. The minimum Gasteiger partial charge on any atom is -0.459 e. The molecule has 4 atom stereocenters. The summed E-state index contributed by atoms with van der Waals surface area (Å²) in [7, 11) is 0. The first kappa shape index (κ1) is 17.0. The van der Waals surface area contributed by atoms with E-state index in [1.54, 1.807) is 0 Å². The fourth-order valence-electron chi connectivity index (χ4n) is 3.30. The van der Waals surface area contributed by atoms with E-state index in [1.165, 1.54) is 31.2 Å². The first-order valence-electron chi connectivity index (χ1n) is 7.70. The molecule has 2 fully saturated rings. The van der Waals surface area contributed by atoms with Crippen LogP contribution in [-0.2, 0) is 25.7 Å². The van der Waals surface area contributed by atoms with Gasteiger partial charge in [0.1, 0.15) is 12.8 Å². The first-order valence-corrected chi connectivity index (χ1v) is 7.70. The van der Waals surface area contributed by atoms with Gasteiger partial charge in [0, 0.05) is 18.6 Å². The van der Waals surface area contributed by atoms with Gasteiger partial charge in [-0.25, -0.2) is 9.18 Å². The zero-order chi connectivity index (χ0) is 18.3. The summed E-state index contributed by atoms with van der Waals surface area (Å²) in [4.78, 5) is 47.3. The molecule has 9 heteroatoms. The fraction of sp³-hybridized carbons (Fsp3) is 0.438. The number of nitrogens with zero attached hydrogens (tertiary/aromatic N) is 2. The minimum absolute atomic E-state index is 0.0536. The van der Waals surface area contributed by atoms with Gasteiger partial charge < -0.3 is 9.64 Å². The number of halogens is 1. The maximum absolute atomic E-state index is 13.4. The average Bonchev–Trinajstić information content (AvgIpc) is 2.85. The number of rotatable bonds is 5. The Morgan fingerprint density at radius 1 is 1.40 bits per heavy atom. The molecule has 0 N–H and O–H groups in total. The predicted octanol–water partition coefficient (Wildman–Crippen LogP) is 1.16. The third-order valence-corrected chi connectivity index (χ3v) is 4.55. The molecular weight excluding hydrogens is 335 g/mol. The van der Waals surface area contributed by atoms with Crippen LogP contribution < -0.4 is 0 Å². The highest BCUT2D eigenvalue weighted by molar-refractivity contribution is 6.11. The first-order chi connectivity index (χ1) is 11.8. The lowest BCUT2D eigenvalue weighted by Gasteiger charge is -2.44. The zero-order valence-electron chi connectivity index (χ0n) is 13.3. The zero-order valence-corrected chi connectivity index (χ0v) is 13.3. The summed E-state index contributed by atoms with van der Waals surface area (Å²) in [5, 5.41) is 10.6. The molecule has 2 heterocycles. The van der Waals surface area contributed by atoms with E-state index >= 15 is 0 Å². The lowest BCUT2D eigenvalue weighted by molar-refractivity contribution is -0.384. The third-order valence-electron chi connectivity index (χ3n) is 4.55. The van der Waals surface area contributed by atoms with Gasteiger partial charge in [-0.15, -0.1) is 0 Å². The van der Waals surface area contributed by atoms with Crippen molar-refractivity contribution >= 4 is 23.3 Å². The number of hydrogen-bond donors (Lipinski definition) is 0. The van der Waals surface area contributed by atoms with Gasteiger partial charge in [-0.2, -0.15) is 0 Å². The average molecular weight is 350 g/mol. The highest BCUT2D eigenvalue weighted by atomic mass is 19.1. The van der Waals surface area contributed by atoms with E-state index in [-0.39, 0.29) is 18.7 Å². The van der Waals surface area contributed by atoms with Gasteiger partial charge in [0.2, 0.25) is 5.91 Å². The number of nitro benzene ring substituents is 1. The monoisotopic (exact) mass is 350 g/mol. The van der Waals surface area contributed by atoms with Gasteiger partial charge in [0.05, 0.1) is 16.9 Å². The number of non-ortho nitro benzene ring substituents is 1. The standard InChI is InChI=1S/C16H15FN2O6/c1-8(17)13-11-6-12(20)14(18(11)15(13)21)16(22)25-7-9-2-4-10(5-3-9)19(23)24/h2-5,8,11,13-14H,6-7H2,1H3. The van der Waals surface area contributed by atoms with Gasteiger partial charge in [-0.1, -0.05) is 0 Å². The summed E-state index contributed by atoms with van der Waals surface area (Å²) in [6.45, 7) is 1.07. The molecule has 1 aromatic carbocycles. The molecule has 0 radical (unpaired) electrons. The molecule has 0 aliphatic carbocycles. The Hall–Kier alpha value is -2.84. The topological polar surface area (TPSA) is 107 Å². The molecule has 4 unspecified atom stereocenters. The Morgan fingerprint density at radius 3 is 2.60 bits per heavy atom. The van der Waals surface area contributed by atoms with E-state index in [2.05, 4.69) is 0 Å². The Kier molecular flexibility index (Phi) is 4.23. The summed E-state index contributed by atoms with van der Waals surface area (Å²) in [6.07, 6.45) is -1.43. The molecule has 3 rings (SSSR count). The number of β-lactam (4-membered cyclic amide) rings is 1. The van der Waals surface area contributed by atoms with E-state index in [1.807, 2.05) is 0 Å². The van der Waals surface area contributed by atoms with Crippen LogP contribution in [0.3, 0.4) is 0 Å². The van der Waals surface area contributed by atoms with E-state index < -0.39 is 46.8 Å². The van der Waals surface area contributed by atoms with Crippen LogP contribution in [0.1, 0.15) is 18.9 Å². The highest BCUT2D eigenvalue weighted by Crippen LogP contribution is 2.40. The van der Waals surface area contributed by atoms with Gasteiger partial charge in [-0.3, -0.25) is 19.7 Å². The third kappa shape index (κ3) is 2.86. The number of benzene rings is 1. The van der Waals surface area contributed by atoms with Gasteiger partial charge in [0.15, 0.2) is 11.8 Å². The van der Waals surface area contributed by atoms with Crippen LogP contribution in [-0.4, -0.2) is 45.7 Å². The number of Topliss-reactive ketones (excluding diaryl/α,β-unsaturated/α-hetero) is 1. The minimum atomic E-state index is -1.38. The number of carbonyl (C=O) groups excluding carboxylic acids is 3. The van der Waals surface area contributed by atoms with Crippen molar-refractivity contribution < 1.29 is 28.4 Å². The quantitative estimate of drug-likeness (QED) is 0.259. The number of ether oxygens (including phenoxy) is 1. The number of esters is 1. The summed E-state index contributed by atoms with van der Waals surface area (Å²) in [6, 6.07) is 3.49. The van der Waals surface area contributed by atoms with Crippen molar-refractivity contribution in [1.29, 1.82) is 0 Å². The van der Waals surface area contributed by atoms with Crippen LogP contribution in [0.2, 0.25) is 0 Å². The van der Waals surface area contributed by atoms with E-state index in [9.17, 15) is 28.9 Å². The number of fused-ring (bicyclic) bond motifs is 1. The second kappa shape index (κ2) is 6.23. The van der Waals surface area contributed by atoms with Crippen molar-refractivity contribution in [1.82, 2.24) is 4.90 Å². The van der Waals surface area contributed by atoms with Gasteiger partial charge in [0.25, 0.3) is 5.69 Å². The number of hydrogen-bond acceptors (Lipinski definition) is 6. The van der Waals surface area contributed by atoms with Gasteiger partial charge in [-0.05, 0) is 24.6 Å².